The van der Waals surface area contributed by atoms with Gasteiger partial charge in [-0.1, -0.05) is 6.07 Å². The topological polar surface area (TPSA) is 103 Å². The lowest BCUT2D eigenvalue weighted by Crippen LogP contribution is -2.21. The molecule has 1 saturated heterocycles. The summed E-state index contributed by atoms with van der Waals surface area (Å²) in [6.45, 7) is 0. The van der Waals surface area contributed by atoms with Crippen LogP contribution in [0.1, 0.15) is 17.2 Å². The second kappa shape index (κ2) is 8.14. The van der Waals surface area contributed by atoms with E-state index in [0.29, 0.717) is 34.1 Å². The number of amides is 1. The molecule has 1 atom stereocenters. The largest absolute Gasteiger partial charge is 0.507 e. The number of carbonyl (C=O) groups excluding carboxylic acids is 2. The van der Waals surface area contributed by atoms with Crippen LogP contribution in [-0.4, -0.2) is 45.2 Å². The molecule has 2 aromatic carbocycles. The van der Waals surface area contributed by atoms with Crippen molar-refractivity contribution in [3.05, 3.63) is 53.1 Å². The van der Waals surface area contributed by atoms with E-state index in [2.05, 4.69) is 5.32 Å². The van der Waals surface area contributed by atoms with Gasteiger partial charge in [0.05, 0.1) is 40.1 Å². The smallest absolute Gasteiger partial charge is 0.293 e. The number of ketones is 1. The van der Waals surface area contributed by atoms with Gasteiger partial charge in [0.1, 0.15) is 5.76 Å². The molecule has 0 aliphatic carbocycles. The number of aliphatic hydroxyl groups excluding tert-OH is 1. The summed E-state index contributed by atoms with van der Waals surface area (Å²) in [5.74, 6) is -0.148. The molecule has 2 aromatic rings. The molecule has 8 heteroatoms. The highest BCUT2D eigenvalue weighted by Gasteiger charge is 2.40. The van der Waals surface area contributed by atoms with E-state index in [1.165, 1.54) is 34.5 Å². The van der Waals surface area contributed by atoms with Crippen molar-refractivity contribution < 1.29 is 33.6 Å². The van der Waals surface area contributed by atoms with Gasteiger partial charge in [0.2, 0.25) is 0 Å². The van der Waals surface area contributed by atoms with Crippen molar-refractivity contribution in [2.75, 3.05) is 28.4 Å². The highest BCUT2D eigenvalue weighted by Crippen LogP contribution is 2.38. The molecule has 0 saturated carbocycles. The number of Topliss-reactive ketones (excluding diaryl/α,β-unsaturated/α-hetero) is 1. The Labute approximate surface area is 167 Å². The Kier molecular flexibility index (Phi) is 5.63. The third-order valence-corrected chi connectivity index (χ3v) is 4.67. The Morgan fingerprint density at radius 1 is 0.828 bits per heavy atom. The van der Waals surface area contributed by atoms with Crippen LogP contribution >= 0.6 is 0 Å². The molecule has 0 aromatic heterocycles. The maximum absolute atomic E-state index is 12.5. The van der Waals surface area contributed by atoms with Crippen molar-refractivity contribution >= 4 is 17.4 Å². The number of rotatable bonds is 6. The van der Waals surface area contributed by atoms with Crippen LogP contribution in [0.4, 0.5) is 0 Å². The van der Waals surface area contributed by atoms with Crippen molar-refractivity contribution in [3.8, 4) is 23.0 Å². The van der Waals surface area contributed by atoms with Crippen molar-refractivity contribution in [1.29, 1.82) is 0 Å². The zero-order chi connectivity index (χ0) is 21.1. The van der Waals surface area contributed by atoms with Crippen LogP contribution in [0.2, 0.25) is 0 Å². The SMILES string of the molecule is COc1ccc(C(O)=C2C(=O)C(=O)N[C@H]2c2ccc(OC)c(OC)c2)cc1OC. The molecule has 0 unspecified atom stereocenters. The molecule has 1 amide bonds. The van der Waals surface area contributed by atoms with Crippen LogP contribution < -0.4 is 24.3 Å². The van der Waals surface area contributed by atoms with Gasteiger partial charge in [-0.25, -0.2) is 0 Å². The Hall–Kier alpha value is -3.68. The zero-order valence-corrected chi connectivity index (χ0v) is 16.4. The fraction of sp³-hybridized carbons (Fsp3) is 0.238. The summed E-state index contributed by atoms with van der Waals surface area (Å²) in [5, 5.41) is 13.5. The van der Waals surface area contributed by atoms with Crippen LogP contribution in [0.3, 0.4) is 0 Å². The van der Waals surface area contributed by atoms with E-state index in [9.17, 15) is 14.7 Å². The van der Waals surface area contributed by atoms with E-state index >= 15 is 0 Å². The van der Waals surface area contributed by atoms with Gasteiger partial charge in [0.15, 0.2) is 23.0 Å². The molecule has 3 rings (SSSR count). The zero-order valence-electron chi connectivity index (χ0n) is 16.4. The van der Waals surface area contributed by atoms with Crippen LogP contribution in [0.15, 0.2) is 42.0 Å². The van der Waals surface area contributed by atoms with Crippen LogP contribution in [0, 0.1) is 0 Å². The van der Waals surface area contributed by atoms with Gasteiger partial charge in [-0.15, -0.1) is 0 Å². The summed E-state index contributed by atoms with van der Waals surface area (Å²) < 4.78 is 21.0. The van der Waals surface area contributed by atoms with Gasteiger partial charge in [0, 0.05) is 5.56 Å². The third-order valence-electron chi connectivity index (χ3n) is 4.67. The minimum absolute atomic E-state index is 0.0607. The Bertz CT molecular complexity index is 997. The predicted molar refractivity (Wildman–Crippen MR) is 105 cm³/mol. The quantitative estimate of drug-likeness (QED) is 0.437. The molecule has 2 N–H and O–H groups in total. The summed E-state index contributed by atoms with van der Waals surface area (Å²) in [6.07, 6.45) is 0. The summed E-state index contributed by atoms with van der Waals surface area (Å²) in [4.78, 5) is 24.6. The number of ether oxygens (including phenoxy) is 4. The second-order valence-electron chi connectivity index (χ2n) is 6.18. The summed E-state index contributed by atoms with van der Waals surface area (Å²) in [6, 6.07) is 8.85. The molecule has 1 heterocycles. The van der Waals surface area contributed by atoms with Gasteiger partial charge in [-0.3, -0.25) is 9.59 Å². The lowest BCUT2D eigenvalue weighted by atomic mass is 9.95. The molecule has 0 spiro atoms. The van der Waals surface area contributed by atoms with E-state index < -0.39 is 17.7 Å². The molecule has 8 nitrogen and oxygen atoms in total. The highest BCUT2D eigenvalue weighted by molar-refractivity contribution is 6.46. The Balaban J connectivity index is 2.12. The number of methoxy groups -OCH3 is 4. The third kappa shape index (κ3) is 3.56. The average molecular weight is 399 g/mol. The molecule has 152 valence electrons. The number of hydrogen-bond donors (Lipinski definition) is 2. The molecule has 1 fully saturated rings. The number of aliphatic hydroxyl groups is 1. The van der Waals surface area contributed by atoms with E-state index in [0.717, 1.165) is 0 Å². The Morgan fingerprint density at radius 2 is 1.38 bits per heavy atom. The molecule has 0 radical (unpaired) electrons. The van der Waals surface area contributed by atoms with Gasteiger partial charge < -0.3 is 29.4 Å². The van der Waals surface area contributed by atoms with E-state index in [-0.39, 0.29) is 11.3 Å². The minimum atomic E-state index is -0.845. The van der Waals surface area contributed by atoms with E-state index in [4.69, 9.17) is 18.9 Å². The maximum Gasteiger partial charge on any atom is 0.293 e. The number of hydrogen-bond acceptors (Lipinski definition) is 7. The Morgan fingerprint density at radius 3 is 1.97 bits per heavy atom. The fourth-order valence-electron chi connectivity index (χ4n) is 3.19. The van der Waals surface area contributed by atoms with Crippen LogP contribution in [0.25, 0.3) is 5.76 Å². The molecule has 0 bridgehead atoms. The van der Waals surface area contributed by atoms with Gasteiger partial charge in [-0.05, 0) is 35.9 Å². The number of benzene rings is 2. The van der Waals surface area contributed by atoms with Crippen molar-refractivity contribution in [2.24, 2.45) is 0 Å². The predicted octanol–water partition coefficient (Wildman–Crippen LogP) is 2.43. The van der Waals surface area contributed by atoms with Crippen LogP contribution in [0.5, 0.6) is 23.0 Å². The number of carbonyl (C=O) groups is 2. The van der Waals surface area contributed by atoms with E-state index in [1.807, 2.05) is 0 Å². The van der Waals surface area contributed by atoms with Gasteiger partial charge >= 0.3 is 0 Å². The fourth-order valence-corrected chi connectivity index (χ4v) is 3.19. The van der Waals surface area contributed by atoms with Crippen LogP contribution in [-0.2, 0) is 9.59 Å². The van der Waals surface area contributed by atoms with Crippen molar-refractivity contribution in [1.82, 2.24) is 5.32 Å². The van der Waals surface area contributed by atoms with Gasteiger partial charge in [0.25, 0.3) is 11.7 Å². The standard InChI is InChI=1S/C21H21NO7/c1-26-13-7-5-11(9-15(13)28-3)18-17(20(24)21(25)22-18)19(23)12-6-8-14(27-2)16(10-12)29-4/h5-10,18,23H,1-4H3,(H,22,25)/t18-/m0/s1. The normalized spacial score (nSPS) is 17.6. The lowest BCUT2D eigenvalue weighted by Gasteiger charge is -2.16. The summed E-state index contributed by atoms with van der Waals surface area (Å²) >= 11 is 0. The van der Waals surface area contributed by atoms with Crippen molar-refractivity contribution in [3.63, 3.8) is 0 Å². The molecule has 29 heavy (non-hydrogen) atoms. The molecule has 1 aliphatic rings. The molecular formula is C21H21NO7. The molecule has 1 aliphatic heterocycles. The average Bonchev–Trinajstić information content (AvgIpc) is 3.06. The first kappa shape index (κ1) is 20.1. The first-order chi connectivity index (χ1) is 13.9. The number of nitrogens with one attached hydrogen (secondary N) is 1. The van der Waals surface area contributed by atoms with Gasteiger partial charge in [-0.2, -0.15) is 0 Å². The monoisotopic (exact) mass is 399 g/mol. The first-order valence-electron chi connectivity index (χ1n) is 8.67. The molecular weight excluding hydrogens is 378 g/mol. The maximum atomic E-state index is 12.5. The summed E-state index contributed by atoms with van der Waals surface area (Å²) in [5.41, 5.74) is 0.811. The van der Waals surface area contributed by atoms with Crippen molar-refractivity contribution in [2.45, 2.75) is 6.04 Å². The highest BCUT2D eigenvalue weighted by atomic mass is 16.5. The lowest BCUT2D eigenvalue weighted by molar-refractivity contribution is -0.133. The summed E-state index contributed by atoms with van der Waals surface area (Å²) in [7, 11) is 5.95. The second-order valence-corrected chi connectivity index (χ2v) is 6.18. The minimum Gasteiger partial charge on any atom is -0.507 e. The van der Waals surface area contributed by atoms with E-state index in [1.54, 1.807) is 30.3 Å². The first-order valence-corrected chi connectivity index (χ1v) is 8.67.